The Hall–Kier alpha value is -1.92. The molecule has 0 aromatic rings. The summed E-state index contributed by atoms with van der Waals surface area (Å²) in [5.41, 5.74) is 0. The summed E-state index contributed by atoms with van der Waals surface area (Å²) in [5, 5.41) is 23.4. The predicted octanol–water partition coefficient (Wildman–Crippen LogP) is 25.0. The molecular weight excluding hydrogens is 1030 g/mol. The maximum absolute atomic E-state index is 12.5. The van der Waals surface area contributed by atoms with Gasteiger partial charge in [0.1, 0.15) is 0 Å². The average molecular weight is 1180 g/mol. The fourth-order valence-corrected chi connectivity index (χ4v) is 12.1. The van der Waals surface area contributed by atoms with Crippen LogP contribution < -0.4 is 5.32 Å². The van der Waals surface area contributed by atoms with Crippen LogP contribution in [0.1, 0.15) is 425 Å². The van der Waals surface area contributed by atoms with Gasteiger partial charge in [-0.05, 0) is 83.5 Å². The Morgan fingerprint density at radius 1 is 0.333 bits per heavy atom. The van der Waals surface area contributed by atoms with Crippen LogP contribution in [-0.2, 0) is 14.3 Å². The van der Waals surface area contributed by atoms with E-state index < -0.39 is 12.1 Å². The van der Waals surface area contributed by atoms with Gasteiger partial charge >= 0.3 is 5.97 Å². The highest BCUT2D eigenvalue weighted by Gasteiger charge is 2.20. The van der Waals surface area contributed by atoms with Crippen LogP contribution in [0.15, 0.2) is 36.5 Å². The van der Waals surface area contributed by atoms with E-state index in [4.69, 9.17) is 4.74 Å². The van der Waals surface area contributed by atoms with Crippen LogP contribution in [0.3, 0.4) is 0 Å². The van der Waals surface area contributed by atoms with Gasteiger partial charge in [0.2, 0.25) is 5.91 Å². The maximum Gasteiger partial charge on any atom is 0.305 e. The van der Waals surface area contributed by atoms with Crippen LogP contribution in [0.5, 0.6) is 0 Å². The van der Waals surface area contributed by atoms with Crippen molar-refractivity contribution in [1.29, 1.82) is 0 Å². The molecule has 0 saturated carbocycles. The number of aliphatic hydroxyl groups excluding tert-OH is 2. The van der Waals surface area contributed by atoms with Gasteiger partial charge in [-0.1, -0.05) is 365 Å². The third-order valence-electron chi connectivity index (χ3n) is 17.9. The van der Waals surface area contributed by atoms with E-state index in [1.165, 1.54) is 340 Å². The molecule has 0 bridgehead atoms. The van der Waals surface area contributed by atoms with E-state index in [0.717, 1.165) is 51.4 Å². The van der Waals surface area contributed by atoms with Gasteiger partial charge in [0.25, 0.3) is 0 Å². The number of amides is 1. The first kappa shape index (κ1) is 82.1. The van der Waals surface area contributed by atoms with Crippen molar-refractivity contribution in [2.75, 3.05) is 13.2 Å². The normalized spacial score (nSPS) is 12.7. The van der Waals surface area contributed by atoms with Crippen LogP contribution in [-0.4, -0.2) is 47.4 Å². The van der Waals surface area contributed by atoms with Gasteiger partial charge in [0.05, 0.1) is 25.4 Å². The zero-order chi connectivity index (χ0) is 60.6. The van der Waals surface area contributed by atoms with Crippen molar-refractivity contribution in [3.05, 3.63) is 36.5 Å². The lowest BCUT2D eigenvalue weighted by atomic mass is 10.0. The molecule has 6 nitrogen and oxygen atoms in total. The van der Waals surface area contributed by atoms with Crippen molar-refractivity contribution in [2.45, 2.75) is 437 Å². The van der Waals surface area contributed by atoms with Crippen LogP contribution in [0.25, 0.3) is 0 Å². The molecule has 2 unspecified atom stereocenters. The number of aliphatic hydroxyl groups is 2. The molecule has 3 N–H and O–H groups in total. The summed E-state index contributed by atoms with van der Waals surface area (Å²) >= 11 is 0. The van der Waals surface area contributed by atoms with Gasteiger partial charge in [-0.2, -0.15) is 0 Å². The van der Waals surface area contributed by atoms with Crippen molar-refractivity contribution in [3.63, 3.8) is 0 Å². The largest absolute Gasteiger partial charge is 0.466 e. The summed E-state index contributed by atoms with van der Waals surface area (Å²) in [4.78, 5) is 24.6. The quantitative estimate of drug-likeness (QED) is 0.0320. The Labute approximate surface area is 525 Å². The number of nitrogens with one attached hydrogen (secondary N) is 1. The number of hydrogen-bond acceptors (Lipinski definition) is 5. The number of rotatable bonds is 72. The molecule has 0 aromatic heterocycles. The molecule has 0 radical (unpaired) electrons. The second-order valence-corrected chi connectivity index (χ2v) is 26.3. The van der Waals surface area contributed by atoms with Gasteiger partial charge in [-0.15, -0.1) is 0 Å². The molecule has 0 fully saturated rings. The molecule has 84 heavy (non-hydrogen) atoms. The zero-order valence-corrected chi connectivity index (χ0v) is 56.9. The Morgan fingerprint density at radius 3 is 0.929 bits per heavy atom. The van der Waals surface area contributed by atoms with E-state index in [1.807, 2.05) is 0 Å². The molecule has 0 rings (SSSR count). The summed E-state index contributed by atoms with van der Waals surface area (Å²) < 4.78 is 5.50. The van der Waals surface area contributed by atoms with Crippen molar-refractivity contribution >= 4 is 11.9 Å². The topological polar surface area (TPSA) is 95.9 Å². The monoisotopic (exact) mass is 1180 g/mol. The molecule has 0 spiro atoms. The smallest absolute Gasteiger partial charge is 0.305 e. The minimum Gasteiger partial charge on any atom is -0.466 e. The molecular formula is C78H149NO5. The highest BCUT2D eigenvalue weighted by molar-refractivity contribution is 5.76. The molecule has 1 amide bonds. The molecule has 6 heteroatoms. The Kier molecular flexibility index (Phi) is 71.9. The molecule has 0 aliphatic carbocycles. The fourth-order valence-electron chi connectivity index (χ4n) is 12.1. The van der Waals surface area contributed by atoms with Crippen molar-refractivity contribution < 1.29 is 24.5 Å². The average Bonchev–Trinajstić information content (AvgIpc) is 3.51. The summed E-state index contributed by atoms with van der Waals surface area (Å²) in [7, 11) is 0. The number of allylic oxidation sites excluding steroid dienone is 6. The molecule has 0 saturated heterocycles. The van der Waals surface area contributed by atoms with Crippen LogP contribution in [0.2, 0.25) is 0 Å². The van der Waals surface area contributed by atoms with Crippen LogP contribution >= 0.6 is 0 Å². The zero-order valence-electron chi connectivity index (χ0n) is 56.9. The first-order valence-electron chi connectivity index (χ1n) is 38.2. The van der Waals surface area contributed by atoms with Crippen LogP contribution in [0, 0.1) is 0 Å². The highest BCUT2D eigenvalue weighted by Crippen LogP contribution is 2.19. The van der Waals surface area contributed by atoms with Gasteiger partial charge in [-0.25, -0.2) is 0 Å². The lowest BCUT2D eigenvalue weighted by molar-refractivity contribution is -0.143. The van der Waals surface area contributed by atoms with E-state index in [-0.39, 0.29) is 18.5 Å². The Morgan fingerprint density at radius 2 is 0.595 bits per heavy atom. The molecule has 2 atom stereocenters. The molecule has 496 valence electrons. The highest BCUT2D eigenvalue weighted by atomic mass is 16.5. The van der Waals surface area contributed by atoms with Gasteiger partial charge in [0.15, 0.2) is 0 Å². The van der Waals surface area contributed by atoms with Gasteiger partial charge in [0, 0.05) is 12.8 Å². The second-order valence-electron chi connectivity index (χ2n) is 26.3. The third kappa shape index (κ3) is 69.2. The number of esters is 1. The Bertz CT molecular complexity index is 1360. The molecule has 0 aliphatic rings. The minimum absolute atomic E-state index is 0.00722. The fraction of sp³-hybridized carbons (Fsp3) is 0.897. The summed E-state index contributed by atoms with van der Waals surface area (Å²) in [6.07, 6.45) is 95.1. The molecule has 0 heterocycles. The minimum atomic E-state index is -0.662. The third-order valence-corrected chi connectivity index (χ3v) is 17.9. The number of hydrogen-bond donors (Lipinski definition) is 3. The number of ether oxygens (including phenoxy) is 1. The first-order valence-corrected chi connectivity index (χ1v) is 38.2. The lowest BCUT2D eigenvalue weighted by Gasteiger charge is -2.22. The number of unbranched alkanes of at least 4 members (excludes halogenated alkanes) is 55. The molecule has 0 aliphatic heterocycles. The van der Waals surface area contributed by atoms with E-state index >= 15 is 0 Å². The van der Waals surface area contributed by atoms with Crippen molar-refractivity contribution in [2.24, 2.45) is 0 Å². The van der Waals surface area contributed by atoms with E-state index in [1.54, 1.807) is 0 Å². The van der Waals surface area contributed by atoms with Gasteiger partial charge in [-0.3, -0.25) is 9.59 Å². The first-order chi connectivity index (χ1) is 41.5. The lowest BCUT2D eigenvalue weighted by Crippen LogP contribution is -2.45. The Balaban J connectivity index is 3.34. The standard InChI is InChI=1S/C78H149NO5/c1-3-5-7-9-11-13-15-17-19-42-46-50-54-58-62-66-70-76(81)75(74-80)79-77(82)71-67-63-59-55-51-47-43-40-38-36-34-32-30-28-26-24-22-21-23-25-27-29-31-33-35-37-39-41-45-49-53-57-61-65-69-73-84-78(83)72-68-64-60-56-52-48-44-20-18-16-14-12-10-8-6-4-2/h14,16,20,23,25,44,75-76,80-81H,3-13,15,17-19,21-22,24,26-43,45-74H2,1-2H3,(H,79,82)/b16-14-,25-23-,44-20-. The van der Waals surface area contributed by atoms with Crippen LogP contribution in [0.4, 0.5) is 0 Å². The second kappa shape index (κ2) is 73.5. The van der Waals surface area contributed by atoms with Crippen molar-refractivity contribution in [1.82, 2.24) is 5.32 Å². The summed E-state index contributed by atoms with van der Waals surface area (Å²) in [6, 6.07) is -0.539. The van der Waals surface area contributed by atoms with Crippen molar-refractivity contribution in [3.8, 4) is 0 Å². The number of carbonyl (C=O) groups excluding carboxylic acids is 2. The van der Waals surface area contributed by atoms with E-state index in [0.29, 0.717) is 25.9 Å². The van der Waals surface area contributed by atoms with E-state index in [2.05, 4.69) is 55.6 Å². The summed E-state index contributed by atoms with van der Waals surface area (Å²) in [5.74, 6) is -0.0208. The van der Waals surface area contributed by atoms with E-state index in [9.17, 15) is 19.8 Å². The predicted molar refractivity (Wildman–Crippen MR) is 370 cm³/mol. The molecule has 0 aromatic carbocycles. The number of carbonyl (C=O) groups is 2. The SMILES string of the molecule is CCCCCC/C=C\C/C=C\CCCCCCCC(=O)OCCCCCCCCCCCCCCCC/C=C\CCCCCCCCCCCCCCCCCCCC(=O)NC(CO)C(O)CCCCCCCCCCCCCCCCCC. The summed E-state index contributed by atoms with van der Waals surface area (Å²) in [6.45, 7) is 4.97. The maximum atomic E-state index is 12.5. The van der Waals surface area contributed by atoms with Gasteiger partial charge < -0.3 is 20.3 Å².